The fraction of sp³-hybridized carbons (Fsp3) is 0.621. The van der Waals surface area contributed by atoms with E-state index in [0.717, 1.165) is 18.7 Å². The van der Waals surface area contributed by atoms with Crippen molar-refractivity contribution in [3.05, 3.63) is 28.8 Å². The van der Waals surface area contributed by atoms with Crippen LogP contribution in [0.2, 0.25) is 0 Å². The molecule has 3 aliphatic carbocycles. The average molecular weight is 540 g/mol. The van der Waals surface area contributed by atoms with Crippen LogP contribution >= 0.6 is 0 Å². The molecule has 3 fully saturated rings. The summed E-state index contributed by atoms with van der Waals surface area (Å²) in [5.74, 6) is -10.8. The van der Waals surface area contributed by atoms with E-state index < -0.39 is 69.6 Å². The van der Waals surface area contributed by atoms with Gasteiger partial charge in [-0.1, -0.05) is 26.8 Å². The van der Waals surface area contributed by atoms with E-state index >= 15 is 0 Å². The molecule has 0 radical (unpaired) electrons. The second kappa shape index (κ2) is 9.60. The summed E-state index contributed by atoms with van der Waals surface area (Å²) in [6.07, 6.45) is 0.960. The van der Waals surface area contributed by atoms with Gasteiger partial charge in [0, 0.05) is 50.0 Å². The number of phenolic OH excluding ortho intramolecular Hbond substituents is 1. The van der Waals surface area contributed by atoms with Gasteiger partial charge in [-0.2, -0.15) is 0 Å². The second-order valence-corrected chi connectivity index (χ2v) is 12.1. The number of hydrogen-bond acceptors (Lipinski definition) is 9. The van der Waals surface area contributed by atoms with Gasteiger partial charge in [-0.25, -0.2) is 0 Å². The molecule has 4 aliphatic rings. The molecule has 0 aromatic heterocycles. The number of carbonyl (C=O) groups is 5. The zero-order valence-corrected chi connectivity index (χ0v) is 22.7. The van der Waals surface area contributed by atoms with Gasteiger partial charge in [-0.05, 0) is 42.4 Å². The number of aromatic hydroxyl groups is 1. The van der Waals surface area contributed by atoms with E-state index in [-0.39, 0.29) is 24.2 Å². The SMILES string of the molecule is CCc1ccc(O)c2c1CC1(CN3CCNCC3)CC3C(C(C)C)C(=O)C(C(N)=O)C(=O)C3(O)C(=O)C1C2=O. The lowest BCUT2D eigenvalue weighted by molar-refractivity contribution is -0.188. The molecule has 6 unspecified atom stereocenters. The van der Waals surface area contributed by atoms with E-state index in [1.165, 1.54) is 6.07 Å². The van der Waals surface area contributed by atoms with Crippen LogP contribution in [0, 0.1) is 35.0 Å². The lowest BCUT2D eigenvalue weighted by Crippen LogP contribution is -2.74. The molecule has 6 atom stereocenters. The van der Waals surface area contributed by atoms with Crippen LogP contribution in [0.25, 0.3) is 0 Å². The Bertz CT molecular complexity index is 1270. The molecular formula is C29H37N3O7. The number of primary amides is 1. The Morgan fingerprint density at radius 3 is 2.41 bits per heavy atom. The topological polar surface area (TPSA) is 167 Å². The highest BCUT2D eigenvalue weighted by Crippen LogP contribution is 2.58. The van der Waals surface area contributed by atoms with Gasteiger partial charge in [0.05, 0.1) is 11.5 Å². The van der Waals surface area contributed by atoms with Gasteiger partial charge in [-0.3, -0.25) is 24.0 Å². The minimum Gasteiger partial charge on any atom is -0.507 e. The van der Waals surface area contributed by atoms with Crippen LogP contribution in [-0.2, 0) is 32.0 Å². The van der Waals surface area contributed by atoms with Crippen molar-refractivity contribution >= 4 is 29.0 Å². The number of piperazine rings is 1. The van der Waals surface area contributed by atoms with Crippen LogP contribution in [0.4, 0.5) is 0 Å². The standard InChI is InChI=1S/C29H37N3O7/c1-4-15-5-6-18(33)20-16(15)11-28(13-32-9-7-31-8-10-32)12-17-19(14(2)3)23(34)21(27(30)38)25(36)29(17,39)26(37)22(28)24(20)35/h5-6,14,17,19,21-22,31,33,39H,4,7-13H2,1-3H3,(H2,30,38). The fourth-order valence-electron chi connectivity index (χ4n) is 7.96. The summed E-state index contributed by atoms with van der Waals surface area (Å²) < 4.78 is 0. The molecule has 1 aliphatic heterocycles. The predicted molar refractivity (Wildman–Crippen MR) is 140 cm³/mol. The van der Waals surface area contributed by atoms with Crippen molar-refractivity contribution in [2.24, 2.45) is 40.7 Å². The van der Waals surface area contributed by atoms with E-state index in [2.05, 4.69) is 10.2 Å². The van der Waals surface area contributed by atoms with E-state index in [4.69, 9.17) is 5.73 Å². The van der Waals surface area contributed by atoms with Crippen molar-refractivity contribution in [1.82, 2.24) is 10.2 Å². The maximum Gasteiger partial charge on any atom is 0.235 e. The van der Waals surface area contributed by atoms with Crippen LogP contribution in [0.5, 0.6) is 5.75 Å². The first-order valence-electron chi connectivity index (χ1n) is 13.8. The molecule has 10 heteroatoms. The van der Waals surface area contributed by atoms with E-state index in [0.29, 0.717) is 31.6 Å². The van der Waals surface area contributed by atoms with Crippen LogP contribution in [0.3, 0.4) is 0 Å². The summed E-state index contributed by atoms with van der Waals surface area (Å²) in [6.45, 7) is 8.67. The first kappa shape index (κ1) is 27.6. The van der Waals surface area contributed by atoms with Crippen molar-refractivity contribution in [1.29, 1.82) is 0 Å². The average Bonchev–Trinajstić information content (AvgIpc) is 2.86. The van der Waals surface area contributed by atoms with Gasteiger partial charge >= 0.3 is 0 Å². The van der Waals surface area contributed by atoms with Gasteiger partial charge < -0.3 is 26.2 Å². The van der Waals surface area contributed by atoms with Gasteiger partial charge in [0.25, 0.3) is 0 Å². The molecule has 1 aromatic carbocycles. The summed E-state index contributed by atoms with van der Waals surface area (Å²) in [4.78, 5) is 70.2. The molecule has 10 nitrogen and oxygen atoms in total. The third-order valence-electron chi connectivity index (χ3n) is 9.65. The zero-order valence-electron chi connectivity index (χ0n) is 22.7. The second-order valence-electron chi connectivity index (χ2n) is 12.1. The van der Waals surface area contributed by atoms with Crippen molar-refractivity contribution in [2.45, 2.75) is 45.6 Å². The molecule has 5 N–H and O–H groups in total. The summed E-state index contributed by atoms with van der Waals surface area (Å²) in [7, 11) is 0. The molecule has 1 amide bonds. The lowest BCUT2D eigenvalue weighted by Gasteiger charge is -2.58. The Kier molecular flexibility index (Phi) is 6.80. The minimum atomic E-state index is -2.70. The molecule has 1 heterocycles. The Hall–Kier alpha value is -2.95. The van der Waals surface area contributed by atoms with Crippen molar-refractivity contribution < 1.29 is 34.2 Å². The Morgan fingerprint density at radius 2 is 1.82 bits per heavy atom. The molecule has 5 rings (SSSR count). The summed E-state index contributed by atoms with van der Waals surface area (Å²) in [6, 6.07) is 3.22. The summed E-state index contributed by atoms with van der Waals surface area (Å²) >= 11 is 0. The minimum absolute atomic E-state index is 0.0527. The largest absolute Gasteiger partial charge is 0.507 e. The first-order valence-corrected chi connectivity index (χ1v) is 13.8. The van der Waals surface area contributed by atoms with Crippen molar-refractivity contribution in [3.63, 3.8) is 0 Å². The molecule has 1 aromatic rings. The normalized spacial score (nSPS) is 35.0. The molecular weight excluding hydrogens is 502 g/mol. The number of nitrogens with zero attached hydrogens (tertiary/aromatic N) is 1. The number of nitrogens with one attached hydrogen (secondary N) is 1. The number of aliphatic hydroxyl groups is 1. The Morgan fingerprint density at radius 1 is 1.15 bits per heavy atom. The predicted octanol–water partition coefficient (Wildman–Crippen LogP) is 0.0468. The highest BCUT2D eigenvalue weighted by Gasteiger charge is 2.72. The van der Waals surface area contributed by atoms with E-state index in [1.54, 1.807) is 19.9 Å². The Labute approximate surface area is 227 Å². The highest BCUT2D eigenvalue weighted by atomic mass is 16.3. The van der Waals surface area contributed by atoms with Gasteiger partial charge in [0.1, 0.15) is 5.75 Å². The monoisotopic (exact) mass is 539 g/mol. The van der Waals surface area contributed by atoms with Crippen molar-refractivity contribution in [2.75, 3.05) is 32.7 Å². The van der Waals surface area contributed by atoms with Crippen molar-refractivity contribution in [3.8, 4) is 5.75 Å². The number of fused-ring (bicyclic) bond motifs is 3. The summed E-state index contributed by atoms with van der Waals surface area (Å²) in [5.41, 5.74) is 3.34. The maximum atomic E-state index is 14.4. The quantitative estimate of drug-likeness (QED) is 0.378. The Balaban J connectivity index is 1.73. The lowest BCUT2D eigenvalue weighted by atomic mass is 9.45. The van der Waals surface area contributed by atoms with E-state index in [9.17, 15) is 34.2 Å². The molecule has 210 valence electrons. The number of carbonyl (C=O) groups excluding carboxylic acids is 5. The first-order chi connectivity index (χ1) is 18.4. The number of aryl methyl sites for hydroxylation is 1. The van der Waals surface area contributed by atoms with Gasteiger partial charge in [0.15, 0.2) is 34.7 Å². The zero-order chi connectivity index (χ0) is 28.4. The number of rotatable bonds is 5. The van der Waals surface area contributed by atoms with Gasteiger partial charge in [-0.15, -0.1) is 0 Å². The van der Waals surface area contributed by atoms with Crippen LogP contribution in [0.1, 0.15) is 48.7 Å². The smallest absolute Gasteiger partial charge is 0.235 e. The number of nitrogens with two attached hydrogens (primary N) is 1. The van der Waals surface area contributed by atoms with E-state index in [1.807, 2.05) is 6.92 Å². The number of benzene rings is 1. The van der Waals surface area contributed by atoms with Crippen LogP contribution in [0.15, 0.2) is 12.1 Å². The number of ketones is 4. The van der Waals surface area contributed by atoms with Crippen LogP contribution in [-0.4, -0.2) is 82.5 Å². The number of phenols is 1. The fourth-order valence-corrected chi connectivity index (χ4v) is 7.96. The molecule has 2 saturated carbocycles. The highest BCUT2D eigenvalue weighted by molar-refractivity contribution is 6.32. The van der Waals surface area contributed by atoms with Gasteiger partial charge in [0.2, 0.25) is 5.91 Å². The number of Topliss-reactive ketones (excluding diaryl/α,β-unsaturated/α-hetero) is 4. The van der Waals surface area contributed by atoms with Crippen LogP contribution < -0.4 is 11.1 Å². The molecule has 0 spiro atoms. The number of hydrogen-bond donors (Lipinski definition) is 4. The third-order valence-corrected chi connectivity index (χ3v) is 9.65. The molecule has 1 saturated heterocycles. The summed E-state index contributed by atoms with van der Waals surface area (Å²) in [5, 5.41) is 26.0. The molecule has 0 bridgehead atoms. The molecule has 39 heavy (non-hydrogen) atoms. The maximum absolute atomic E-state index is 14.4. The number of amides is 1. The third kappa shape index (κ3) is 3.90.